The summed E-state index contributed by atoms with van der Waals surface area (Å²) in [5.74, 6) is 0. The maximum absolute atomic E-state index is 6.38. The molecule has 0 aromatic heterocycles. The van der Waals surface area contributed by atoms with Gasteiger partial charge in [0.15, 0.2) is 0 Å². The van der Waals surface area contributed by atoms with Gasteiger partial charge in [0.25, 0.3) is 0 Å². The zero-order valence-electron chi connectivity index (χ0n) is 11.0. The van der Waals surface area contributed by atoms with E-state index < -0.39 is 0 Å². The van der Waals surface area contributed by atoms with E-state index >= 15 is 0 Å². The van der Waals surface area contributed by atoms with E-state index in [9.17, 15) is 0 Å². The van der Waals surface area contributed by atoms with Crippen LogP contribution in [0.2, 0.25) is 0 Å². The summed E-state index contributed by atoms with van der Waals surface area (Å²) in [4.78, 5) is 2.68. The molecule has 1 heterocycles. The van der Waals surface area contributed by atoms with E-state index in [2.05, 4.69) is 18.7 Å². The van der Waals surface area contributed by atoms with Gasteiger partial charge in [0.2, 0.25) is 0 Å². The smallest absolute Gasteiger partial charge is 0.0247 e. The Morgan fingerprint density at radius 1 is 1.06 bits per heavy atom. The van der Waals surface area contributed by atoms with Crippen LogP contribution in [0.3, 0.4) is 0 Å². The minimum atomic E-state index is 0.425. The van der Waals surface area contributed by atoms with E-state index in [1.165, 1.54) is 58.0 Å². The molecule has 1 aliphatic carbocycles. The van der Waals surface area contributed by atoms with Crippen LogP contribution in [0.5, 0.6) is 0 Å². The van der Waals surface area contributed by atoms with Crippen molar-refractivity contribution in [2.45, 2.75) is 70.9 Å². The molecule has 16 heavy (non-hydrogen) atoms. The van der Waals surface area contributed by atoms with Crippen molar-refractivity contribution in [3.63, 3.8) is 0 Å². The van der Waals surface area contributed by atoms with Gasteiger partial charge in [-0.25, -0.2) is 0 Å². The first-order valence-electron chi connectivity index (χ1n) is 7.08. The van der Waals surface area contributed by atoms with Crippen molar-refractivity contribution >= 4 is 0 Å². The molecule has 2 rings (SSSR count). The molecule has 0 aromatic carbocycles. The molecule has 2 N–H and O–H groups in total. The highest BCUT2D eigenvalue weighted by Gasteiger charge is 2.35. The highest BCUT2D eigenvalue weighted by molar-refractivity contribution is 4.91. The Morgan fingerprint density at radius 2 is 1.75 bits per heavy atom. The van der Waals surface area contributed by atoms with Crippen molar-refractivity contribution in [3.05, 3.63) is 0 Å². The molecule has 94 valence electrons. The van der Waals surface area contributed by atoms with Gasteiger partial charge in [-0.3, -0.25) is 4.90 Å². The molecule has 0 spiro atoms. The zero-order chi connectivity index (χ0) is 11.6. The third-order valence-corrected chi connectivity index (χ3v) is 4.46. The van der Waals surface area contributed by atoms with E-state index in [4.69, 9.17) is 5.73 Å². The largest absolute Gasteiger partial charge is 0.326 e. The van der Waals surface area contributed by atoms with Crippen LogP contribution >= 0.6 is 0 Å². The maximum Gasteiger partial charge on any atom is 0.0247 e. The number of hydrogen-bond donors (Lipinski definition) is 1. The van der Waals surface area contributed by atoms with Crippen LogP contribution in [-0.2, 0) is 0 Å². The summed E-state index contributed by atoms with van der Waals surface area (Å²) in [6, 6.07) is 1.09. The highest BCUT2D eigenvalue weighted by atomic mass is 15.2. The maximum atomic E-state index is 6.38. The van der Waals surface area contributed by atoms with Gasteiger partial charge in [-0.1, -0.05) is 39.5 Å². The van der Waals surface area contributed by atoms with Gasteiger partial charge in [0.05, 0.1) is 0 Å². The third-order valence-electron chi connectivity index (χ3n) is 4.46. The summed E-state index contributed by atoms with van der Waals surface area (Å²) < 4.78 is 0. The monoisotopic (exact) mass is 224 g/mol. The SMILES string of the molecule is CC1(C)CCN(C2CCCCCCC2N)C1. The molecular formula is C14H28N2. The lowest BCUT2D eigenvalue weighted by Crippen LogP contribution is -2.47. The normalized spacial score (nSPS) is 36.9. The van der Waals surface area contributed by atoms with Gasteiger partial charge in [0.1, 0.15) is 0 Å². The number of likely N-dealkylation sites (tertiary alicyclic amines) is 1. The van der Waals surface area contributed by atoms with Crippen LogP contribution in [0.1, 0.15) is 58.8 Å². The van der Waals surface area contributed by atoms with Crippen LogP contribution in [0.25, 0.3) is 0 Å². The Balaban J connectivity index is 1.95. The average Bonchev–Trinajstić information content (AvgIpc) is 2.53. The quantitative estimate of drug-likeness (QED) is 0.742. The molecule has 1 saturated heterocycles. The van der Waals surface area contributed by atoms with Crippen LogP contribution in [-0.4, -0.2) is 30.1 Å². The molecule has 0 radical (unpaired) electrons. The number of nitrogens with two attached hydrogens (primary N) is 1. The minimum absolute atomic E-state index is 0.425. The molecule has 1 saturated carbocycles. The lowest BCUT2D eigenvalue weighted by atomic mass is 9.91. The molecule has 2 nitrogen and oxygen atoms in total. The Kier molecular flexibility index (Phi) is 3.91. The Morgan fingerprint density at radius 3 is 2.38 bits per heavy atom. The fraction of sp³-hybridized carbons (Fsp3) is 1.00. The van der Waals surface area contributed by atoms with Crippen molar-refractivity contribution in [3.8, 4) is 0 Å². The summed E-state index contributed by atoms with van der Waals surface area (Å²) >= 11 is 0. The van der Waals surface area contributed by atoms with E-state index in [1.54, 1.807) is 0 Å². The topological polar surface area (TPSA) is 29.3 Å². The van der Waals surface area contributed by atoms with E-state index in [-0.39, 0.29) is 0 Å². The second kappa shape index (κ2) is 5.05. The first-order chi connectivity index (χ1) is 7.58. The molecule has 2 unspecified atom stereocenters. The molecular weight excluding hydrogens is 196 g/mol. The summed E-state index contributed by atoms with van der Waals surface area (Å²) in [6.45, 7) is 7.31. The third kappa shape index (κ3) is 2.98. The molecule has 2 aliphatic rings. The standard InChI is InChI=1S/C14H28N2/c1-14(2)9-10-16(11-14)13-8-6-4-3-5-7-12(13)15/h12-13H,3-11,15H2,1-2H3. The molecule has 0 amide bonds. The average molecular weight is 224 g/mol. The van der Waals surface area contributed by atoms with Crippen molar-refractivity contribution in [1.82, 2.24) is 4.90 Å². The van der Waals surface area contributed by atoms with Gasteiger partial charge in [-0.15, -0.1) is 0 Å². The van der Waals surface area contributed by atoms with Crippen LogP contribution in [0.4, 0.5) is 0 Å². The fourth-order valence-electron chi connectivity index (χ4n) is 3.38. The van der Waals surface area contributed by atoms with Crippen molar-refractivity contribution < 1.29 is 0 Å². The van der Waals surface area contributed by atoms with Crippen molar-refractivity contribution in [1.29, 1.82) is 0 Å². The molecule has 2 atom stereocenters. The molecule has 1 aliphatic heterocycles. The van der Waals surface area contributed by atoms with Crippen molar-refractivity contribution in [2.75, 3.05) is 13.1 Å². The summed E-state index contributed by atoms with van der Waals surface area (Å²) in [7, 11) is 0. The Labute approximate surface area is 101 Å². The molecule has 0 bridgehead atoms. The van der Waals surface area contributed by atoms with Gasteiger partial charge in [-0.05, 0) is 31.2 Å². The Hall–Kier alpha value is -0.0800. The molecule has 2 heteroatoms. The van der Waals surface area contributed by atoms with E-state index in [0.717, 1.165) is 0 Å². The van der Waals surface area contributed by atoms with Crippen LogP contribution in [0.15, 0.2) is 0 Å². The predicted molar refractivity (Wildman–Crippen MR) is 69.4 cm³/mol. The van der Waals surface area contributed by atoms with Gasteiger partial charge in [-0.2, -0.15) is 0 Å². The molecule has 2 fully saturated rings. The summed E-state index contributed by atoms with van der Waals surface area (Å²) in [5.41, 5.74) is 6.89. The summed E-state index contributed by atoms with van der Waals surface area (Å²) in [5, 5.41) is 0. The van der Waals surface area contributed by atoms with Crippen LogP contribution < -0.4 is 5.73 Å². The number of hydrogen-bond acceptors (Lipinski definition) is 2. The Bertz CT molecular complexity index is 225. The second-order valence-electron chi connectivity index (χ2n) is 6.61. The zero-order valence-corrected chi connectivity index (χ0v) is 11.0. The fourth-order valence-corrected chi connectivity index (χ4v) is 3.38. The second-order valence-corrected chi connectivity index (χ2v) is 6.61. The van der Waals surface area contributed by atoms with Gasteiger partial charge in [0, 0.05) is 18.6 Å². The first-order valence-corrected chi connectivity index (χ1v) is 7.08. The van der Waals surface area contributed by atoms with E-state index in [1.807, 2.05) is 0 Å². The minimum Gasteiger partial charge on any atom is -0.326 e. The number of rotatable bonds is 1. The van der Waals surface area contributed by atoms with Gasteiger partial charge >= 0.3 is 0 Å². The highest BCUT2D eigenvalue weighted by Crippen LogP contribution is 2.33. The number of nitrogens with zero attached hydrogens (tertiary/aromatic N) is 1. The van der Waals surface area contributed by atoms with Crippen molar-refractivity contribution in [2.24, 2.45) is 11.1 Å². The predicted octanol–water partition coefficient (Wildman–Crippen LogP) is 2.77. The lowest BCUT2D eigenvalue weighted by molar-refractivity contribution is 0.165. The van der Waals surface area contributed by atoms with E-state index in [0.29, 0.717) is 17.5 Å². The lowest BCUT2D eigenvalue weighted by Gasteiger charge is -2.35. The van der Waals surface area contributed by atoms with Gasteiger partial charge < -0.3 is 5.73 Å². The molecule has 0 aromatic rings. The van der Waals surface area contributed by atoms with Crippen LogP contribution in [0, 0.1) is 5.41 Å². The summed E-state index contributed by atoms with van der Waals surface area (Å²) in [6.07, 6.45) is 9.45. The first kappa shape index (κ1) is 12.4.